The fourth-order valence-electron chi connectivity index (χ4n) is 1.87. The molecule has 1 N–H and O–H groups in total. The van der Waals surface area contributed by atoms with Gasteiger partial charge in [0.2, 0.25) is 0 Å². The molecule has 0 atom stereocenters. The molecule has 19 heavy (non-hydrogen) atoms. The smallest absolute Gasteiger partial charge is 0.255 e. The molecule has 0 bridgehead atoms. The average Bonchev–Trinajstić information content (AvgIpc) is 2.27. The first-order chi connectivity index (χ1) is 8.90. The minimum Gasteiger partial charge on any atom is -0.369 e. The molecule has 0 amide bonds. The molecule has 2 nitrogen and oxygen atoms in total. The van der Waals surface area contributed by atoms with Crippen molar-refractivity contribution in [2.75, 3.05) is 25.0 Å². The van der Waals surface area contributed by atoms with E-state index in [9.17, 15) is 8.78 Å². The van der Waals surface area contributed by atoms with Gasteiger partial charge in [0.15, 0.2) is 0 Å². The van der Waals surface area contributed by atoms with Gasteiger partial charge in [-0.25, -0.2) is 8.78 Å². The summed E-state index contributed by atoms with van der Waals surface area (Å²) in [5.41, 5.74) is 1.73. The standard InChI is InChI=1S/C14H21ClF2N2/c1-10(2)7-18-8-11-6-12(15)4-5-13(11)19(3)9-14(16)17/h4-6,10,14,18H,7-9H2,1-3H3. The quantitative estimate of drug-likeness (QED) is 0.822. The third-order valence-corrected chi connectivity index (χ3v) is 2.97. The van der Waals surface area contributed by atoms with Gasteiger partial charge in [-0.05, 0) is 36.2 Å². The van der Waals surface area contributed by atoms with Crippen LogP contribution in [0.4, 0.5) is 14.5 Å². The second kappa shape index (κ2) is 7.65. The van der Waals surface area contributed by atoms with E-state index >= 15 is 0 Å². The van der Waals surface area contributed by atoms with Crippen molar-refractivity contribution < 1.29 is 8.78 Å². The van der Waals surface area contributed by atoms with Crippen molar-refractivity contribution in [1.82, 2.24) is 5.32 Å². The van der Waals surface area contributed by atoms with Gasteiger partial charge in [-0.3, -0.25) is 0 Å². The molecule has 0 aliphatic rings. The molecule has 0 aliphatic carbocycles. The van der Waals surface area contributed by atoms with E-state index in [0.29, 0.717) is 17.5 Å². The van der Waals surface area contributed by atoms with E-state index < -0.39 is 6.43 Å². The predicted octanol–water partition coefficient (Wildman–Crippen LogP) is 3.79. The number of nitrogens with zero attached hydrogens (tertiary/aromatic N) is 1. The van der Waals surface area contributed by atoms with Crippen LogP contribution in [0.3, 0.4) is 0 Å². The van der Waals surface area contributed by atoms with Crippen LogP contribution in [-0.2, 0) is 6.54 Å². The fourth-order valence-corrected chi connectivity index (χ4v) is 2.06. The molecule has 1 rings (SSSR count). The molecule has 0 saturated heterocycles. The Morgan fingerprint density at radius 3 is 2.58 bits per heavy atom. The van der Waals surface area contributed by atoms with Crippen molar-refractivity contribution in [2.45, 2.75) is 26.8 Å². The minimum atomic E-state index is -2.35. The zero-order valence-corrected chi connectivity index (χ0v) is 12.3. The first-order valence-electron chi connectivity index (χ1n) is 6.38. The normalized spacial score (nSPS) is 11.4. The Kier molecular flexibility index (Phi) is 6.52. The molecule has 0 spiro atoms. The van der Waals surface area contributed by atoms with Crippen molar-refractivity contribution in [3.05, 3.63) is 28.8 Å². The third-order valence-electron chi connectivity index (χ3n) is 2.73. The Morgan fingerprint density at radius 1 is 1.32 bits per heavy atom. The topological polar surface area (TPSA) is 15.3 Å². The van der Waals surface area contributed by atoms with Crippen LogP contribution in [0.15, 0.2) is 18.2 Å². The van der Waals surface area contributed by atoms with E-state index in [4.69, 9.17) is 11.6 Å². The van der Waals surface area contributed by atoms with Crippen molar-refractivity contribution in [3.63, 3.8) is 0 Å². The number of benzene rings is 1. The van der Waals surface area contributed by atoms with Gasteiger partial charge in [0.25, 0.3) is 6.43 Å². The van der Waals surface area contributed by atoms with Crippen molar-refractivity contribution in [1.29, 1.82) is 0 Å². The molecule has 1 aromatic carbocycles. The molecule has 0 fully saturated rings. The van der Waals surface area contributed by atoms with Gasteiger partial charge in [-0.2, -0.15) is 0 Å². The molecule has 5 heteroatoms. The summed E-state index contributed by atoms with van der Waals surface area (Å²) in [7, 11) is 1.67. The summed E-state index contributed by atoms with van der Waals surface area (Å²) in [4.78, 5) is 1.56. The molecular weight excluding hydrogens is 270 g/mol. The molecular formula is C14H21ClF2N2. The van der Waals surface area contributed by atoms with Crippen LogP contribution in [0.25, 0.3) is 0 Å². The minimum absolute atomic E-state index is 0.279. The van der Waals surface area contributed by atoms with Crippen LogP contribution < -0.4 is 10.2 Å². The van der Waals surface area contributed by atoms with Crippen LogP contribution in [0.1, 0.15) is 19.4 Å². The first kappa shape index (κ1) is 16.2. The molecule has 0 heterocycles. The summed E-state index contributed by atoms with van der Waals surface area (Å²) in [5, 5.41) is 3.92. The van der Waals surface area contributed by atoms with E-state index in [1.54, 1.807) is 24.1 Å². The van der Waals surface area contributed by atoms with E-state index in [2.05, 4.69) is 19.2 Å². The van der Waals surface area contributed by atoms with Crippen molar-refractivity contribution in [2.24, 2.45) is 5.92 Å². The third kappa shape index (κ3) is 5.74. The summed E-state index contributed by atoms with van der Waals surface area (Å²) in [5.74, 6) is 0.543. The highest BCUT2D eigenvalue weighted by molar-refractivity contribution is 6.30. The van der Waals surface area contributed by atoms with Crippen LogP contribution >= 0.6 is 11.6 Å². The Bertz CT molecular complexity index is 397. The Morgan fingerprint density at radius 2 is 2.00 bits per heavy atom. The van der Waals surface area contributed by atoms with Crippen molar-refractivity contribution in [3.8, 4) is 0 Å². The average molecular weight is 291 g/mol. The van der Waals surface area contributed by atoms with Crippen LogP contribution in [0, 0.1) is 5.92 Å². The lowest BCUT2D eigenvalue weighted by molar-refractivity contribution is 0.156. The van der Waals surface area contributed by atoms with Gasteiger partial charge in [-0.1, -0.05) is 25.4 Å². The van der Waals surface area contributed by atoms with Gasteiger partial charge < -0.3 is 10.2 Å². The zero-order chi connectivity index (χ0) is 14.4. The van der Waals surface area contributed by atoms with Gasteiger partial charge in [0.05, 0.1) is 6.54 Å². The summed E-state index contributed by atoms with van der Waals surface area (Å²) in [6.07, 6.45) is -2.35. The first-order valence-corrected chi connectivity index (χ1v) is 6.76. The highest BCUT2D eigenvalue weighted by atomic mass is 35.5. The Balaban J connectivity index is 2.79. The number of halogens is 3. The lowest BCUT2D eigenvalue weighted by Crippen LogP contribution is -2.26. The lowest BCUT2D eigenvalue weighted by atomic mass is 10.1. The fraction of sp³-hybridized carbons (Fsp3) is 0.571. The number of hydrogen-bond acceptors (Lipinski definition) is 2. The number of alkyl halides is 2. The SMILES string of the molecule is CC(C)CNCc1cc(Cl)ccc1N(C)CC(F)F. The van der Waals surface area contributed by atoms with Gasteiger partial charge in [0.1, 0.15) is 0 Å². The molecule has 0 aliphatic heterocycles. The highest BCUT2D eigenvalue weighted by Crippen LogP contribution is 2.24. The van der Waals surface area contributed by atoms with E-state index in [-0.39, 0.29) is 6.54 Å². The van der Waals surface area contributed by atoms with Gasteiger partial charge in [0, 0.05) is 24.3 Å². The zero-order valence-electron chi connectivity index (χ0n) is 11.6. The van der Waals surface area contributed by atoms with Crippen LogP contribution in [-0.4, -0.2) is 26.6 Å². The molecule has 1 aromatic rings. The Labute approximate surface area is 118 Å². The summed E-state index contributed by atoms with van der Waals surface area (Å²) >= 11 is 5.97. The largest absolute Gasteiger partial charge is 0.369 e. The molecule has 0 aromatic heterocycles. The second-order valence-electron chi connectivity index (χ2n) is 5.07. The Hall–Kier alpha value is -0.870. The van der Waals surface area contributed by atoms with E-state index in [0.717, 1.165) is 17.8 Å². The summed E-state index contributed by atoms with van der Waals surface area (Å²) in [6.45, 7) is 5.47. The molecule has 108 valence electrons. The number of rotatable bonds is 7. The van der Waals surface area contributed by atoms with E-state index in [1.165, 1.54) is 0 Å². The van der Waals surface area contributed by atoms with Gasteiger partial charge in [-0.15, -0.1) is 0 Å². The molecule has 0 radical (unpaired) electrons. The maximum atomic E-state index is 12.5. The number of hydrogen-bond donors (Lipinski definition) is 1. The summed E-state index contributed by atoms with van der Waals surface area (Å²) < 4.78 is 24.9. The van der Waals surface area contributed by atoms with Crippen molar-refractivity contribution >= 4 is 17.3 Å². The maximum Gasteiger partial charge on any atom is 0.255 e. The lowest BCUT2D eigenvalue weighted by Gasteiger charge is -2.22. The predicted molar refractivity (Wildman–Crippen MR) is 77.3 cm³/mol. The second-order valence-corrected chi connectivity index (χ2v) is 5.51. The van der Waals surface area contributed by atoms with Crippen LogP contribution in [0.5, 0.6) is 0 Å². The maximum absolute atomic E-state index is 12.5. The monoisotopic (exact) mass is 290 g/mol. The summed E-state index contributed by atoms with van der Waals surface area (Å²) in [6, 6.07) is 5.34. The van der Waals surface area contributed by atoms with Crippen LogP contribution in [0.2, 0.25) is 5.02 Å². The molecule has 0 unspecified atom stereocenters. The van der Waals surface area contributed by atoms with E-state index in [1.807, 2.05) is 6.07 Å². The highest BCUT2D eigenvalue weighted by Gasteiger charge is 2.12. The van der Waals surface area contributed by atoms with Gasteiger partial charge >= 0.3 is 0 Å². The number of anilines is 1. The molecule has 0 saturated carbocycles. The number of nitrogens with one attached hydrogen (secondary N) is 1.